The molecule has 0 radical (unpaired) electrons. The van der Waals surface area contributed by atoms with Crippen LogP contribution in [-0.4, -0.2) is 45.8 Å². The number of primary amides is 1. The van der Waals surface area contributed by atoms with E-state index in [9.17, 15) is 9.59 Å². The summed E-state index contributed by atoms with van der Waals surface area (Å²) in [4.78, 5) is 24.7. The molecular formula is C10H14N4O2S2. The van der Waals surface area contributed by atoms with Crippen molar-refractivity contribution in [3.63, 3.8) is 0 Å². The zero-order valence-electron chi connectivity index (χ0n) is 9.74. The Kier molecular flexibility index (Phi) is 4.54. The molecule has 2 amide bonds. The third-order valence-corrected chi connectivity index (χ3v) is 4.75. The predicted molar refractivity (Wildman–Crippen MR) is 69.1 cm³/mol. The maximum absolute atomic E-state index is 11.9. The van der Waals surface area contributed by atoms with Crippen LogP contribution in [0.3, 0.4) is 0 Å². The van der Waals surface area contributed by atoms with Crippen molar-refractivity contribution in [1.29, 1.82) is 0 Å². The first-order valence-corrected chi connectivity index (χ1v) is 7.49. The van der Waals surface area contributed by atoms with Gasteiger partial charge in [0, 0.05) is 19.0 Å². The fourth-order valence-electron chi connectivity index (χ4n) is 1.85. The number of aromatic nitrogens is 2. The predicted octanol–water partition coefficient (Wildman–Crippen LogP) is 0.354. The normalized spacial score (nSPS) is 16.8. The number of carbonyl (C=O) groups excluding carboxylic acids is 2. The molecule has 98 valence electrons. The van der Waals surface area contributed by atoms with E-state index in [-0.39, 0.29) is 17.7 Å². The van der Waals surface area contributed by atoms with Gasteiger partial charge >= 0.3 is 0 Å². The molecule has 2 N–H and O–H groups in total. The Hall–Kier alpha value is -1.15. The highest BCUT2D eigenvalue weighted by atomic mass is 32.2. The van der Waals surface area contributed by atoms with Crippen LogP contribution in [-0.2, 0) is 9.59 Å². The van der Waals surface area contributed by atoms with Crippen molar-refractivity contribution < 1.29 is 9.59 Å². The van der Waals surface area contributed by atoms with Gasteiger partial charge < -0.3 is 10.6 Å². The SMILES string of the molecule is NC(=O)C1CCN(C(=O)CSc2nncs2)CC1. The minimum Gasteiger partial charge on any atom is -0.369 e. The molecule has 2 rings (SSSR count). The smallest absolute Gasteiger partial charge is 0.233 e. The first kappa shape index (κ1) is 13.3. The fraction of sp³-hybridized carbons (Fsp3) is 0.600. The van der Waals surface area contributed by atoms with Gasteiger partial charge in [0.15, 0.2) is 4.34 Å². The Bertz CT molecular complexity index is 416. The molecule has 0 saturated carbocycles. The van der Waals surface area contributed by atoms with Crippen LogP contribution in [0.15, 0.2) is 9.85 Å². The highest BCUT2D eigenvalue weighted by Gasteiger charge is 2.25. The van der Waals surface area contributed by atoms with Crippen molar-refractivity contribution in [1.82, 2.24) is 15.1 Å². The number of nitrogens with two attached hydrogens (primary N) is 1. The van der Waals surface area contributed by atoms with E-state index >= 15 is 0 Å². The van der Waals surface area contributed by atoms with E-state index in [0.29, 0.717) is 31.7 Å². The lowest BCUT2D eigenvalue weighted by atomic mass is 9.96. The molecule has 0 spiro atoms. The van der Waals surface area contributed by atoms with Gasteiger partial charge in [0.2, 0.25) is 11.8 Å². The van der Waals surface area contributed by atoms with Gasteiger partial charge in [-0.15, -0.1) is 10.2 Å². The highest BCUT2D eigenvalue weighted by molar-refractivity contribution is 8.01. The Morgan fingerprint density at radius 1 is 1.50 bits per heavy atom. The van der Waals surface area contributed by atoms with Crippen molar-refractivity contribution in [2.24, 2.45) is 11.7 Å². The van der Waals surface area contributed by atoms with Crippen LogP contribution >= 0.6 is 23.1 Å². The van der Waals surface area contributed by atoms with Gasteiger partial charge in [0.1, 0.15) is 5.51 Å². The van der Waals surface area contributed by atoms with Crippen LogP contribution in [0.1, 0.15) is 12.8 Å². The lowest BCUT2D eigenvalue weighted by molar-refractivity contribution is -0.132. The minimum atomic E-state index is -0.259. The molecule has 0 bridgehead atoms. The average molecular weight is 286 g/mol. The number of rotatable bonds is 4. The van der Waals surface area contributed by atoms with Crippen molar-refractivity contribution in [3.05, 3.63) is 5.51 Å². The molecule has 18 heavy (non-hydrogen) atoms. The Balaban J connectivity index is 1.75. The van der Waals surface area contributed by atoms with Crippen molar-refractivity contribution in [2.45, 2.75) is 17.2 Å². The summed E-state index contributed by atoms with van der Waals surface area (Å²) in [5.74, 6) is 0.115. The lowest BCUT2D eigenvalue weighted by Gasteiger charge is -2.30. The molecule has 1 aliphatic rings. The largest absolute Gasteiger partial charge is 0.369 e. The van der Waals surface area contributed by atoms with Gasteiger partial charge in [-0.1, -0.05) is 23.1 Å². The van der Waals surface area contributed by atoms with E-state index < -0.39 is 0 Å². The van der Waals surface area contributed by atoms with Gasteiger partial charge in [-0.05, 0) is 12.8 Å². The van der Waals surface area contributed by atoms with Crippen molar-refractivity contribution in [3.8, 4) is 0 Å². The van der Waals surface area contributed by atoms with Crippen molar-refractivity contribution >= 4 is 34.9 Å². The van der Waals surface area contributed by atoms with Crippen LogP contribution in [0.25, 0.3) is 0 Å². The van der Waals surface area contributed by atoms with Crippen LogP contribution in [0.4, 0.5) is 0 Å². The molecule has 0 aromatic carbocycles. The topological polar surface area (TPSA) is 89.2 Å². The number of hydrogen-bond donors (Lipinski definition) is 1. The summed E-state index contributed by atoms with van der Waals surface area (Å²) in [5, 5.41) is 7.58. The lowest BCUT2D eigenvalue weighted by Crippen LogP contribution is -2.42. The molecule has 1 saturated heterocycles. The number of likely N-dealkylation sites (tertiary alicyclic amines) is 1. The number of nitrogens with zero attached hydrogens (tertiary/aromatic N) is 3. The number of amides is 2. The number of hydrogen-bond acceptors (Lipinski definition) is 6. The molecule has 1 aliphatic heterocycles. The van der Waals surface area contributed by atoms with Gasteiger partial charge in [-0.2, -0.15) is 0 Å². The standard InChI is InChI=1S/C10H14N4O2S2/c11-9(16)7-1-3-14(4-2-7)8(15)5-17-10-13-12-6-18-10/h6-7H,1-5H2,(H2,11,16). The van der Waals surface area contributed by atoms with Crippen LogP contribution in [0, 0.1) is 5.92 Å². The maximum Gasteiger partial charge on any atom is 0.233 e. The summed E-state index contributed by atoms with van der Waals surface area (Å²) in [7, 11) is 0. The molecule has 8 heteroatoms. The Labute approximate surface area is 113 Å². The molecule has 0 unspecified atom stereocenters. The van der Waals surface area contributed by atoms with Crippen LogP contribution in [0.5, 0.6) is 0 Å². The van der Waals surface area contributed by atoms with E-state index in [1.807, 2.05) is 0 Å². The summed E-state index contributed by atoms with van der Waals surface area (Å²) in [6.07, 6.45) is 1.34. The van der Waals surface area contributed by atoms with E-state index in [1.54, 1.807) is 10.4 Å². The van der Waals surface area contributed by atoms with Crippen LogP contribution in [0.2, 0.25) is 0 Å². The molecule has 1 aromatic heterocycles. The fourth-order valence-corrected chi connectivity index (χ4v) is 3.25. The molecule has 2 heterocycles. The second kappa shape index (κ2) is 6.14. The Morgan fingerprint density at radius 2 is 2.22 bits per heavy atom. The summed E-state index contributed by atoms with van der Waals surface area (Å²) in [6, 6.07) is 0. The van der Waals surface area contributed by atoms with Crippen molar-refractivity contribution in [2.75, 3.05) is 18.8 Å². The van der Waals surface area contributed by atoms with E-state index in [2.05, 4.69) is 10.2 Å². The second-order valence-corrected chi connectivity index (χ2v) is 6.11. The quantitative estimate of drug-likeness (QED) is 0.807. The first-order chi connectivity index (χ1) is 8.66. The summed E-state index contributed by atoms with van der Waals surface area (Å²) < 4.78 is 0.801. The summed E-state index contributed by atoms with van der Waals surface area (Å²) >= 11 is 2.82. The summed E-state index contributed by atoms with van der Waals surface area (Å²) in [5.41, 5.74) is 6.90. The molecular weight excluding hydrogens is 272 g/mol. The molecule has 1 fully saturated rings. The van der Waals surface area contributed by atoms with E-state index in [4.69, 9.17) is 5.73 Å². The monoisotopic (exact) mass is 286 g/mol. The van der Waals surface area contributed by atoms with E-state index in [0.717, 1.165) is 4.34 Å². The second-order valence-electron chi connectivity index (χ2n) is 4.05. The molecule has 0 atom stereocenters. The van der Waals surface area contributed by atoms with Gasteiger partial charge in [-0.3, -0.25) is 9.59 Å². The first-order valence-electron chi connectivity index (χ1n) is 5.63. The highest BCUT2D eigenvalue weighted by Crippen LogP contribution is 2.21. The van der Waals surface area contributed by atoms with Gasteiger partial charge in [-0.25, -0.2) is 0 Å². The average Bonchev–Trinajstić information content (AvgIpc) is 2.89. The zero-order chi connectivity index (χ0) is 13.0. The number of carbonyl (C=O) groups is 2. The van der Waals surface area contributed by atoms with Gasteiger partial charge in [0.05, 0.1) is 5.75 Å². The third kappa shape index (κ3) is 3.42. The maximum atomic E-state index is 11.9. The summed E-state index contributed by atoms with van der Waals surface area (Å²) in [6.45, 7) is 1.23. The third-order valence-electron chi connectivity index (χ3n) is 2.91. The van der Waals surface area contributed by atoms with Crippen LogP contribution < -0.4 is 5.73 Å². The van der Waals surface area contributed by atoms with E-state index in [1.165, 1.54) is 23.1 Å². The Morgan fingerprint density at radius 3 is 2.78 bits per heavy atom. The zero-order valence-corrected chi connectivity index (χ0v) is 11.4. The number of thioether (sulfide) groups is 1. The van der Waals surface area contributed by atoms with Gasteiger partial charge in [0.25, 0.3) is 0 Å². The minimum absolute atomic E-state index is 0.0788. The molecule has 6 nitrogen and oxygen atoms in total. The number of piperidine rings is 1. The molecule has 1 aromatic rings. The molecule has 0 aliphatic carbocycles.